The van der Waals surface area contributed by atoms with Gasteiger partial charge in [-0.1, -0.05) is 152 Å². The van der Waals surface area contributed by atoms with Crippen molar-refractivity contribution in [3.8, 4) is 11.1 Å². The molecule has 2 heterocycles. The average molecular weight is 1120 g/mol. The van der Waals surface area contributed by atoms with Gasteiger partial charge in [0.05, 0.1) is 12.6 Å². The van der Waals surface area contributed by atoms with Crippen LogP contribution in [0.5, 0.6) is 0 Å². The number of hydrogen-bond acceptors (Lipinski definition) is 9. The number of rotatable bonds is 27. The molecular formula is C67H91N7O8. The van der Waals surface area contributed by atoms with Gasteiger partial charge in [-0.3, -0.25) is 38.4 Å². The highest BCUT2D eigenvalue weighted by atomic mass is 16.2. The lowest BCUT2D eigenvalue weighted by Gasteiger charge is -2.37. The van der Waals surface area contributed by atoms with E-state index in [2.05, 4.69) is 16.0 Å². The van der Waals surface area contributed by atoms with Crippen molar-refractivity contribution in [2.24, 2.45) is 22.7 Å². The number of Topliss-reactive ketones (excluding diaryl/α,β-unsaturated/α-hetero) is 2. The lowest BCUT2D eigenvalue weighted by molar-refractivity contribution is -0.144. The third kappa shape index (κ3) is 18.0. The largest absolute Gasteiger partial charge is 0.344 e. The minimum absolute atomic E-state index is 0.00578. The van der Waals surface area contributed by atoms with Gasteiger partial charge in [0.15, 0.2) is 5.78 Å². The first-order valence-corrected chi connectivity index (χ1v) is 29.8. The second-order valence-corrected chi connectivity index (χ2v) is 24.8. The average Bonchev–Trinajstić information content (AvgIpc) is 4.17. The van der Waals surface area contributed by atoms with E-state index < -0.39 is 28.7 Å². The number of carbonyl (C=O) groups excluding carboxylic acids is 8. The van der Waals surface area contributed by atoms with Gasteiger partial charge in [0.2, 0.25) is 29.5 Å². The number of amides is 6. The molecule has 0 spiro atoms. The molecule has 2 saturated heterocycles. The molecule has 15 nitrogen and oxygen atoms in total. The molecular weight excluding hydrogens is 1030 g/mol. The Morgan fingerprint density at radius 2 is 1.10 bits per heavy atom. The number of likely N-dealkylation sites (N-methyl/N-ethyl adjacent to an activating group) is 1. The van der Waals surface area contributed by atoms with Crippen LogP contribution in [0.1, 0.15) is 146 Å². The van der Waals surface area contributed by atoms with Gasteiger partial charge in [-0.25, -0.2) is 0 Å². The Bertz CT molecular complexity index is 2600. The van der Waals surface area contributed by atoms with E-state index >= 15 is 0 Å². The van der Waals surface area contributed by atoms with Crippen LogP contribution in [0.4, 0.5) is 0 Å². The zero-order valence-corrected chi connectivity index (χ0v) is 50.4. The van der Waals surface area contributed by atoms with E-state index in [-0.39, 0.29) is 91.0 Å². The first-order chi connectivity index (χ1) is 39.0. The first kappa shape index (κ1) is 64.2. The van der Waals surface area contributed by atoms with Gasteiger partial charge in [0.1, 0.15) is 11.8 Å². The van der Waals surface area contributed by atoms with Gasteiger partial charge < -0.3 is 35.6 Å². The molecule has 15 heteroatoms. The molecule has 0 saturated carbocycles. The van der Waals surface area contributed by atoms with E-state index in [1.165, 1.54) is 0 Å². The molecule has 82 heavy (non-hydrogen) atoms. The SMILES string of the molecule is CC[C@@H](C)C(=O)N[C@H](C(=O)N1CCC[C@H]1CN(CCc1ccccc1)C(=O)CCC(=O)c1ccc(-c2ccc(C(=O)NCC(=O)N(CCc3ccccc3)C[C@@H]3CCCN3C(=O)[C@@H](CC(=O)[C@H](C)NC)C(C)(C)C)cc2)cc1)C(C)(C)C. The summed E-state index contributed by atoms with van der Waals surface area (Å²) in [6, 6.07) is 32.5. The number of benzene rings is 4. The van der Waals surface area contributed by atoms with Gasteiger partial charge in [0, 0.05) is 93.6 Å². The molecule has 0 unspecified atom stereocenters. The Morgan fingerprint density at radius 1 is 0.610 bits per heavy atom. The van der Waals surface area contributed by atoms with Crippen LogP contribution < -0.4 is 16.0 Å². The Balaban J connectivity index is 1.06. The Kier molecular flexibility index (Phi) is 23.3. The standard InChI is InChI=1S/C67H91N7O8/c1-11-46(2)62(79)70-61(67(7,8)9)65(82)74-39-19-25-55(74)44-71(40-36-48-20-14-12-15-21-48)59(77)35-34-57(75)52-30-26-50(27-31-52)51-28-32-53(33-29-51)63(80)69-43-60(78)72(41-37-49-22-16-13-17-23-49)45-54-24-18-38-73(54)64(81)56(66(4,5)6)42-58(76)47(3)68-10/h12-17,20-23,26-33,46-47,54-56,61,68H,11,18-19,24-25,34-45H2,1-10H3,(H,69,80)(H,70,79)/t46-,47+,54+,55+,56-,61-/m1/s1. The Labute approximate surface area is 487 Å². The number of carbonyl (C=O) groups is 8. The number of ketones is 2. The summed E-state index contributed by atoms with van der Waals surface area (Å²) in [6.07, 6.45) is 5.04. The van der Waals surface area contributed by atoms with Crippen molar-refractivity contribution in [2.75, 3.05) is 52.9 Å². The minimum atomic E-state index is -0.719. The van der Waals surface area contributed by atoms with Crippen LogP contribution in [-0.2, 0) is 41.6 Å². The van der Waals surface area contributed by atoms with Gasteiger partial charge in [-0.2, -0.15) is 0 Å². The highest BCUT2D eigenvalue weighted by Gasteiger charge is 2.43. The minimum Gasteiger partial charge on any atom is -0.344 e. The van der Waals surface area contributed by atoms with Crippen molar-refractivity contribution in [1.29, 1.82) is 0 Å². The summed E-state index contributed by atoms with van der Waals surface area (Å²) >= 11 is 0. The fourth-order valence-electron chi connectivity index (χ4n) is 10.9. The molecule has 2 aliphatic heterocycles. The second kappa shape index (κ2) is 29.8. The zero-order valence-electron chi connectivity index (χ0n) is 50.4. The van der Waals surface area contributed by atoms with Crippen molar-refractivity contribution in [3.05, 3.63) is 131 Å². The van der Waals surface area contributed by atoms with Gasteiger partial charge in [-0.15, -0.1) is 0 Å². The lowest BCUT2D eigenvalue weighted by atomic mass is 9.76. The Hall–Kier alpha value is -7.00. The fourth-order valence-corrected chi connectivity index (χ4v) is 10.9. The molecule has 6 amide bonds. The maximum absolute atomic E-state index is 14.3. The molecule has 0 bridgehead atoms. The van der Waals surface area contributed by atoms with E-state index in [9.17, 15) is 38.4 Å². The molecule has 442 valence electrons. The molecule has 0 radical (unpaired) electrons. The van der Waals surface area contributed by atoms with Gasteiger partial charge in [0.25, 0.3) is 5.91 Å². The normalized spacial score (nSPS) is 16.9. The predicted octanol–water partition coefficient (Wildman–Crippen LogP) is 8.98. The molecule has 6 rings (SSSR count). The summed E-state index contributed by atoms with van der Waals surface area (Å²) in [5, 5.41) is 8.87. The maximum atomic E-state index is 14.3. The lowest BCUT2D eigenvalue weighted by Crippen LogP contribution is -2.57. The summed E-state index contributed by atoms with van der Waals surface area (Å²) in [7, 11) is 1.74. The van der Waals surface area contributed by atoms with Crippen molar-refractivity contribution in [3.63, 3.8) is 0 Å². The maximum Gasteiger partial charge on any atom is 0.251 e. The van der Waals surface area contributed by atoms with Crippen molar-refractivity contribution in [2.45, 2.75) is 151 Å². The van der Waals surface area contributed by atoms with E-state index in [1.807, 2.05) is 150 Å². The number of nitrogens with zero attached hydrogens (tertiary/aromatic N) is 4. The van der Waals surface area contributed by atoms with Crippen LogP contribution in [0.15, 0.2) is 109 Å². The highest BCUT2D eigenvalue weighted by molar-refractivity contribution is 5.99. The molecule has 4 aromatic rings. The van der Waals surface area contributed by atoms with E-state index in [0.717, 1.165) is 47.9 Å². The van der Waals surface area contributed by atoms with E-state index in [4.69, 9.17) is 0 Å². The van der Waals surface area contributed by atoms with Crippen molar-refractivity contribution in [1.82, 2.24) is 35.6 Å². The molecule has 4 aromatic carbocycles. The van der Waals surface area contributed by atoms with Crippen LogP contribution >= 0.6 is 0 Å². The number of hydrogen-bond donors (Lipinski definition) is 3. The third-order valence-corrected chi connectivity index (χ3v) is 16.7. The molecule has 2 fully saturated rings. The van der Waals surface area contributed by atoms with Crippen LogP contribution in [0.2, 0.25) is 0 Å². The fraction of sp³-hybridized carbons (Fsp3) is 0.522. The highest BCUT2D eigenvalue weighted by Crippen LogP contribution is 2.34. The first-order valence-electron chi connectivity index (χ1n) is 29.8. The van der Waals surface area contributed by atoms with Crippen LogP contribution in [0.3, 0.4) is 0 Å². The topological polar surface area (TPSA) is 186 Å². The summed E-state index contributed by atoms with van der Waals surface area (Å²) < 4.78 is 0. The zero-order chi connectivity index (χ0) is 59.7. The smallest absolute Gasteiger partial charge is 0.251 e. The molecule has 0 aromatic heterocycles. The molecule has 3 N–H and O–H groups in total. The van der Waals surface area contributed by atoms with Crippen LogP contribution in [0.25, 0.3) is 11.1 Å². The number of nitrogens with one attached hydrogen (secondary N) is 3. The summed E-state index contributed by atoms with van der Waals surface area (Å²) in [6.45, 7) is 19.8. The van der Waals surface area contributed by atoms with Crippen molar-refractivity contribution >= 4 is 47.0 Å². The molecule has 0 aliphatic carbocycles. The second-order valence-electron chi connectivity index (χ2n) is 24.8. The van der Waals surface area contributed by atoms with E-state index in [0.29, 0.717) is 69.7 Å². The quantitative estimate of drug-likeness (QED) is 0.0491. The Morgan fingerprint density at radius 3 is 1.57 bits per heavy atom. The van der Waals surface area contributed by atoms with Gasteiger partial charge in [-0.05, 0) is 104 Å². The van der Waals surface area contributed by atoms with Crippen molar-refractivity contribution < 1.29 is 38.4 Å². The van der Waals surface area contributed by atoms with E-state index in [1.54, 1.807) is 48.0 Å². The summed E-state index contributed by atoms with van der Waals surface area (Å²) in [5.74, 6) is -2.11. The summed E-state index contributed by atoms with van der Waals surface area (Å²) in [4.78, 5) is 117. The number of likely N-dealkylation sites (tertiary alicyclic amines) is 2. The van der Waals surface area contributed by atoms with Gasteiger partial charge >= 0.3 is 0 Å². The molecule has 6 atom stereocenters. The summed E-state index contributed by atoms with van der Waals surface area (Å²) in [5.41, 5.74) is 3.64. The van der Waals surface area contributed by atoms with Crippen LogP contribution in [0, 0.1) is 22.7 Å². The predicted molar refractivity (Wildman–Crippen MR) is 323 cm³/mol. The monoisotopic (exact) mass is 1120 g/mol. The van der Waals surface area contributed by atoms with Crippen LogP contribution in [-0.4, -0.2) is 144 Å². The third-order valence-electron chi connectivity index (χ3n) is 16.7. The molecule has 2 aliphatic rings.